The van der Waals surface area contributed by atoms with Gasteiger partial charge in [0.1, 0.15) is 0 Å². The van der Waals surface area contributed by atoms with Gasteiger partial charge >= 0.3 is 64.3 Å². The fourth-order valence-electron chi connectivity index (χ4n) is 1.44. The van der Waals surface area contributed by atoms with Gasteiger partial charge in [-0.25, -0.2) is 0 Å². The molecule has 1 rings (SSSR count). The zero-order valence-electron chi connectivity index (χ0n) is 9.51. The van der Waals surface area contributed by atoms with Crippen molar-refractivity contribution in [2.75, 3.05) is 5.73 Å². The Morgan fingerprint density at radius 1 is 1.41 bits per heavy atom. The van der Waals surface area contributed by atoms with Gasteiger partial charge in [0.2, 0.25) is 0 Å². The Kier molecular flexibility index (Phi) is 6.23. The van der Waals surface area contributed by atoms with Crippen molar-refractivity contribution in [2.45, 2.75) is 13.3 Å². The van der Waals surface area contributed by atoms with Crippen LogP contribution in [0.2, 0.25) is 0 Å². The maximum Gasteiger partial charge on any atom is 1.00 e. The summed E-state index contributed by atoms with van der Waals surface area (Å²) in [7, 11) is 0. The van der Waals surface area contributed by atoms with Crippen LogP contribution in [0.25, 0.3) is 0 Å². The molecule has 8 heteroatoms. The van der Waals surface area contributed by atoms with Gasteiger partial charge in [-0.3, -0.25) is 4.79 Å². The number of hydrogen-bond acceptors (Lipinski definition) is 2. The van der Waals surface area contributed by atoms with E-state index >= 15 is 0 Å². The molecule has 0 radical (unpaired) electrons. The van der Waals surface area contributed by atoms with E-state index in [1.165, 1.54) is 13.0 Å². The molecule has 0 atom stereocenters. The average molecular weight is 271 g/mol. The summed E-state index contributed by atoms with van der Waals surface area (Å²) in [4.78, 5) is 10.4. The van der Waals surface area contributed by atoms with Crippen molar-refractivity contribution in [2.24, 2.45) is 0 Å². The van der Waals surface area contributed by atoms with Crippen LogP contribution in [-0.2, 0) is 11.2 Å². The van der Waals surface area contributed by atoms with Crippen LogP contribution in [0.15, 0.2) is 12.1 Å². The Bertz CT molecular complexity index is 437. The molecule has 0 aliphatic heterocycles. The van der Waals surface area contributed by atoms with E-state index in [1.807, 2.05) is 0 Å². The van der Waals surface area contributed by atoms with Crippen molar-refractivity contribution in [3.8, 4) is 0 Å². The molecule has 0 aromatic heterocycles. The van der Waals surface area contributed by atoms with Crippen LogP contribution in [0.5, 0.6) is 0 Å². The number of nitrogens with two attached hydrogens (primary N) is 1. The first kappa shape index (κ1) is 17.0. The van der Waals surface area contributed by atoms with Crippen LogP contribution in [-0.4, -0.2) is 18.1 Å². The summed E-state index contributed by atoms with van der Waals surface area (Å²) in [5, 5.41) is 8.50. The molecule has 3 N–H and O–H groups in total. The van der Waals surface area contributed by atoms with Crippen molar-refractivity contribution < 1.29 is 74.2 Å². The van der Waals surface area contributed by atoms with Crippen LogP contribution in [0.4, 0.5) is 18.6 Å². The van der Waals surface area contributed by atoms with Gasteiger partial charge in [0.25, 0.3) is 0 Å². The fourth-order valence-corrected chi connectivity index (χ4v) is 1.44. The van der Waals surface area contributed by atoms with Gasteiger partial charge in [-0.15, -0.1) is 5.46 Å². The number of carboxylic acid groups (broad SMARTS) is 1. The topological polar surface area (TPSA) is 63.3 Å². The number of nitrogen functional groups attached to an aromatic ring is 1. The minimum Gasteiger partial charge on any atom is -0.481 e. The minimum absolute atomic E-state index is 0. The minimum atomic E-state index is -5.17. The summed E-state index contributed by atoms with van der Waals surface area (Å²) in [6, 6.07) is 2.11. The maximum absolute atomic E-state index is 12.6. The number of hydrogen-bond donors (Lipinski definition) is 2. The van der Waals surface area contributed by atoms with Gasteiger partial charge < -0.3 is 23.8 Å². The third kappa shape index (κ3) is 4.63. The van der Waals surface area contributed by atoms with Gasteiger partial charge in [-0.2, -0.15) is 0 Å². The molecule has 0 spiro atoms. The van der Waals surface area contributed by atoms with E-state index in [0.717, 1.165) is 6.07 Å². The molecule has 1 aromatic rings. The summed E-state index contributed by atoms with van der Waals surface area (Å²) < 4.78 is 37.8. The standard InChI is InChI=1S/C9H10BF3NO2.K/c1-5-7(10(11,12)13)2-6(3-8(5)14)4-9(15)16;/h2-3H,4,14H2,1H3,(H,15,16);/q-1;+1. The van der Waals surface area contributed by atoms with Gasteiger partial charge in [0.05, 0.1) is 6.42 Å². The summed E-state index contributed by atoms with van der Waals surface area (Å²) in [5.41, 5.74) is 4.56. The van der Waals surface area contributed by atoms with E-state index < -0.39 is 24.8 Å². The summed E-state index contributed by atoms with van der Waals surface area (Å²) in [5.74, 6) is -1.19. The van der Waals surface area contributed by atoms with E-state index in [4.69, 9.17) is 10.8 Å². The number of carbonyl (C=O) groups is 1. The van der Waals surface area contributed by atoms with E-state index in [9.17, 15) is 17.7 Å². The van der Waals surface area contributed by atoms with Crippen molar-refractivity contribution >= 4 is 24.1 Å². The zero-order valence-corrected chi connectivity index (χ0v) is 12.6. The molecule has 0 fully saturated rings. The molecule has 88 valence electrons. The SMILES string of the molecule is Cc1c(N)cc(CC(=O)O)cc1[B-](F)(F)F.[K+]. The summed E-state index contributed by atoms with van der Waals surface area (Å²) in [6.45, 7) is -3.90. The smallest absolute Gasteiger partial charge is 0.481 e. The number of benzene rings is 1. The molecule has 0 bridgehead atoms. The first-order chi connectivity index (χ1) is 7.21. The number of rotatable bonds is 3. The fraction of sp³-hybridized carbons (Fsp3) is 0.222. The zero-order chi connectivity index (χ0) is 12.5. The molecule has 0 heterocycles. The molecule has 17 heavy (non-hydrogen) atoms. The molecule has 1 aromatic carbocycles. The average Bonchev–Trinajstić information content (AvgIpc) is 2.08. The second-order valence-electron chi connectivity index (χ2n) is 3.54. The van der Waals surface area contributed by atoms with Crippen molar-refractivity contribution in [3.63, 3.8) is 0 Å². The predicted octanol–water partition coefficient (Wildman–Crippen LogP) is -1.74. The second-order valence-corrected chi connectivity index (χ2v) is 3.54. The number of carboxylic acids is 1. The third-order valence-electron chi connectivity index (χ3n) is 2.26. The van der Waals surface area contributed by atoms with E-state index in [2.05, 4.69) is 0 Å². The Hall–Kier alpha value is -0.0187. The third-order valence-corrected chi connectivity index (χ3v) is 2.26. The van der Waals surface area contributed by atoms with Crippen LogP contribution in [0.3, 0.4) is 0 Å². The van der Waals surface area contributed by atoms with Crippen molar-refractivity contribution in [3.05, 3.63) is 23.3 Å². The van der Waals surface area contributed by atoms with Gasteiger partial charge in [-0.05, 0) is 18.6 Å². The van der Waals surface area contributed by atoms with Crippen LogP contribution in [0.1, 0.15) is 11.1 Å². The Morgan fingerprint density at radius 2 is 1.94 bits per heavy atom. The van der Waals surface area contributed by atoms with Crippen molar-refractivity contribution in [1.82, 2.24) is 0 Å². The van der Waals surface area contributed by atoms with Crippen LogP contribution >= 0.6 is 0 Å². The summed E-state index contributed by atoms with van der Waals surface area (Å²) in [6.07, 6.45) is -0.469. The Morgan fingerprint density at radius 3 is 2.35 bits per heavy atom. The first-order valence-electron chi connectivity index (χ1n) is 4.52. The van der Waals surface area contributed by atoms with E-state index in [0.29, 0.717) is 0 Å². The number of aliphatic carboxylic acids is 1. The molecule has 0 aliphatic carbocycles. The first-order valence-corrected chi connectivity index (χ1v) is 4.52. The molecule has 3 nitrogen and oxygen atoms in total. The van der Waals surface area contributed by atoms with E-state index in [1.54, 1.807) is 0 Å². The van der Waals surface area contributed by atoms with Crippen molar-refractivity contribution in [1.29, 1.82) is 0 Å². The summed E-state index contributed by atoms with van der Waals surface area (Å²) >= 11 is 0. The quantitative estimate of drug-likeness (QED) is 0.507. The normalized spacial score (nSPS) is 10.8. The molecule has 0 saturated heterocycles. The van der Waals surface area contributed by atoms with Gasteiger partial charge in [-0.1, -0.05) is 11.6 Å². The Labute approximate surface area is 139 Å². The number of anilines is 1. The van der Waals surface area contributed by atoms with Gasteiger partial charge in [0.15, 0.2) is 0 Å². The maximum atomic E-state index is 12.6. The largest absolute Gasteiger partial charge is 1.00 e. The molecule has 0 saturated carbocycles. The Balaban J connectivity index is 0.00000256. The molecule has 0 unspecified atom stereocenters. The van der Waals surface area contributed by atoms with Crippen LogP contribution in [0, 0.1) is 6.92 Å². The number of halogens is 3. The molecular weight excluding hydrogens is 261 g/mol. The molecular formula is C9H10BF3KNO2. The molecule has 0 aliphatic rings. The second kappa shape index (κ2) is 6.24. The van der Waals surface area contributed by atoms with Gasteiger partial charge in [0, 0.05) is 5.69 Å². The van der Waals surface area contributed by atoms with E-state index in [-0.39, 0.29) is 68.2 Å². The predicted molar refractivity (Wildman–Crippen MR) is 55.6 cm³/mol. The van der Waals surface area contributed by atoms with Crippen LogP contribution < -0.4 is 62.6 Å². The molecule has 0 amide bonds. The monoisotopic (exact) mass is 271 g/mol.